The molecule has 2 aromatic carbocycles. The molecule has 1 unspecified atom stereocenters. The van der Waals surface area contributed by atoms with E-state index in [4.69, 9.17) is 0 Å². The van der Waals surface area contributed by atoms with Crippen LogP contribution in [0.1, 0.15) is 43.9 Å². The van der Waals surface area contributed by atoms with Crippen molar-refractivity contribution in [1.82, 2.24) is 0 Å². The van der Waals surface area contributed by atoms with Gasteiger partial charge in [0.25, 0.3) is 0 Å². The molecule has 2 aliphatic rings. The Bertz CT molecular complexity index is 1070. The molecule has 0 amide bonds. The molecule has 1 atom stereocenters. The first-order chi connectivity index (χ1) is 14.0. The van der Waals surface area contributed by atoms with E-state index in [0.29, 0.717) is 29.6 Å². The van der Waals surface area contributed by atoms with Crippen molar-refractivity contribution in [3.8, 4) is 5.75 Å². The Morgan fingerprint density at radius 3 is 2.53 bits per heavy atom. The van der Waals surface area contributed by atoms with Gasteiger partial charge in [-0.1, -0.05) is 26.0 Å². The highest BCUT2D eigenvalue weighted by Gasteiger charge is 2.40. The Kier molecular flexibility index (Phi) is 4.56. The Morgan fingerprint density at radius 1 is 1.13 bits per heavy atom. The summed E-state index contributed by atoms with van der Waals surface area (Å²) in [6.07, 6.45) is -4.00. The molecule has 8 heteroatoms. The fourth-order valence-electron chi connectivity index (χ4n) is 4.12. The number of nitrogens with one attached hydrogen (secondary N) is 2. The standard InChI is InChI=1S/C22H20F4N2O2/c1-21(2)9-15-18(17(30)10-21)19(27-14-4-3-5-16(29)20(14)28-15)12-7-6-11(8-13(12)23)22(24,25)26/h3-8,19,27-29H,9-10H2,1-2H3. The molecule has 0 aromatic heterocycles. The highest BCUT2D eigenvalue weighted by atomic mass is 19.4. The summed E-state index contributed by atoms with van der Waals surface area (Å²) >= 11 is 0. The highest BCUT2D eigenvalue weighted by Crippen LogP contribution is 2.47. The topological polar surface area (TPSA) is 61.4 Å². The summed E-state index contributed by atoms with van der Waals surface area (Å²) in [7, 11) is 0. The number of para-hydroxylation sites is 1. The summed E-state index contributed by atoms with van der Waals surface area (Å²) < 4.78 is 53.8. The second-order valence-electron chi connectivity index (χ2n) is 8.47. The number of carbonyl (C=O) groups is 1. The van der Waals surface area contributed by atoms with Crippen LogP contribution in [-0.4, -0.2) is 10.9 Å². The number of hydrogen-bond acceptors (Lipinski definition) is 4. The Balaban J connectivity index is 1.90. The van der Waals surface area contributed by atoms with Gasteiger partial charge in [-0.05, 0) is 36.1 Å². The lowest BCUT2D eigenvalue weighted by Crippen LogP contribution is -2.31. The molecule has 4 nitrogen and oxygen atoms in total. The van der Waals surface area contributed by atoms with Crippen LogP contribution in [0.15, 0.2) is 47.7 Å². The number of ketones is 1. The molecule has 0 fully saturated rings. The second-order valence-corrected chi connectivity index (χ2v) is 8.47. The van der Waals surface area contributed by atoms with Gasteiger partial charge in [0.1, 0.15) is 17.3 Å². The maximum atomic E-state index is 14.8. The van der Waals surface area contributed by atoms with Gasteiger partial charge in [-0.15, -0.1) is 0 Å². The molecule has 2 aromatic rings. The molecule has 4 rings (SSSR count). The van der Waals surface area contributed by atoms with Crippen molar-refractivity contribution in [1.29, 1.82) is 0 Å². The smallest absolute Gasteiger partial charge is 0.416 e. The van der Waals surface area contributed by atoms with E-state index in [1.54, 1.807) is 12.1 Å². The monoisotopic (exact) mass is 420 g/mol. The number of halogens is 4. The number of carbonyl (C=O) groups excluding carboxylic acids is 1. The lowest BCUT2D eigenvalue weighted by atomic mass is 9.73. The summed E-state index contributed by atoms with van der Waals surface area (Å²) in [5.41, 5.74) is 0.0167. The SMILES string of the molecule is CC1(C)CC(=O)C2=C(C1)Nc1c(O)cccc1NC2c1ccc(C(F)(F)F)cc1F. The predicted octanol–water partition coefficient (Wildman–Crippen LogP) is 5.77. The van der Waals surface area contributed by atoms with Crippen LogP contribution in [0.3, 0.4) is 0 Å². The van der Waals surface area contributed by atoms with E-state index in [1.807, 2.05) is 13.8 Å². The van der Waals surface area contributed by atoms with Crippen LogP contribution in [0.5, 0.6) is 5.75 Å². The van der Waals surface area contributed by atoms with Crippen molar-refractivity contribution < 1.29 is 27.5 Å². The van der Waals surface area contributed by atoms with Crippen molar-refractivity contribution in [2.45, 2.75) is 38.9 Å². The quantitative estimate of drug-likeness (QED) is 0.405. The first-order valence-corrected chi connectivity index (χ1v) is 9.45. The van der Waals surface area contributed by atoms with Crippen LogP contribution in [0, 0.1) is 11.2 Å². The van der Waals surface area contributed by atoms with E-state index in [9.17, 15) is 27.5 Å². The number of fused-ring (bicyclic) bond motifs is 1. The average molecular weight is 420 g/mol. The average Bonchev–Trinajstić information content (AvgIpc) is 2.77. The first kappa shape index (κ1) is 20.3. The number of allylic oxidation sites excluding steroid dienone is 1. The molecule has 1 aliphatic carbocycles. The van der Waals surface area contributed by atoms with Gasteiger partial charge in [-0.3, -0.25) is 4.79 Å². The first-order valence-electron chi connectivity index (χ1n) is 9.45. The van der Waals surface area contributed by atoms with Crippen LogP contribution in [0.4, 0.5) is 28.9 Å². The van der Waals surface area contributed by atoms with Gasteiger partial charge in [0, 0.05) is 23.3 Å². The fraction of sp³-hybridized carbons (Fsp3) is 0.318. The van der Waals surface area contributed by atoms with E-state index in [2.05, 4.69) is 10.6 Å². The predicted molar refractivity (Wildman–Crippen MR) is 105 cm³/mol. The zero-order chi connectivity index (χ0) is 21.8. The third-order valence-electron chi connectivity index (χ3n) is 5.47. The highest BCUT2D eigenvalue weighted by molar-refractivity contribution is 6.01. The van der Waals surface area contributed by atoms with E-state index in [1.165, 1.54) is 6.07 Å². The maximum Gasteiger partial charge on any atom is 0.416 e. The Labute approximate surface area is 170 Å². The minimum atomic E-state index is -4.68. The summed E-state index contributed by atoms with van der Waals surface area (Å²) in [4.78, 5) is 13.1. The normalized spacial score (nSPS) is 20.6. The third kappa shape index (κ3) is 3.51. The number of phenolic OH excluding ortho intramolecular Hbond substituents is 1. The van der Waals surface area contributed by atoms with E-state index < -0.39 is 23.6 Å². The summed E-state index contributed by atoms with van der Waals surface area (Å²) in [6.45, 7) is 3.85. The Hall–Kier alpha value is -3.03. The molecule has 1 aliphatic heterocycles. The lowest BCUT2D eigenvalue weighted by Gasteiger charge is -2.34. The molecule has 30 heavy (non-hydrogen) atoms. The minimum Gasteiger partial charge on any atom is -0.506 e. The molecule has 1 heterocycles. The minimum absolute atomic E-state index is 0.0591. The second kappa shape index (κ2) is 6.75. The zero-order valence-electron chi connectivity index (χ0n) is 16.3. The number of benzene rings is 2. The summed E-state index contributed by atoms with van der Waals surface area (Å²) in [5.74, 6) is -1.34. The van der Waals surface area contributed by atoms with Crippen molar-refractivity contribution in [2.75, 3.05) is 10.6 Å². The number of hydrogen-bond donors (Lipinski definition) is 3. The number of phenols is 1. The number of alkyl halides is 3. The molecule has 0 saturated carbocycles. The zero-order valence-corrected chi connectivity index (χ0v) is 16.3. The van der Waals surface area contributed by atoms with Crippen LogP contribution in [0.2, 0.25) is 0 Å². The number of Topliss-reactive ketones (excluding diaryl/α,β-unsaturated/α-hetero) is 1. The van der Waals surface area contributed by atoms with Crippen LogP contribution in [-0.2, 0) is 11.0 Å². The van der Waals surface area contributed by atoms with E-state index in [0.717, 1.165) is 12.1 Å². The molecule has 0 radical (unpaired) electrons. The van der Waals surface area contributed by atoms with Crippen molar-refractivity contribution in [3.63, 3.8) is 0 Å². The van der Waals surface area contributed by atoms with Crippen molar-refractivity contribution in [2.24, 2.45) is 5.41 Å². The third-order valence-corrected chi connectivity index (χ3v) is 5.47. The number of aromatic hydroxyl groups is 1. The fourth-order valence-corrected chi connectivity index (χ4v) is 4.12. The van der Waals surface area contributed by atoms with Gasteiger partial charge in [-0.2, -0.15) is 13.2 Å². The van der Waals surface area contributed by atoms with Crippen LogP contribution >= 0.6 is 0 Å². The molecule has 0 saturated heterocycles. The van der Waals surface area contributed by atoms with Crippen LogP contribution < -0.4 is 10.6 Å². The van der Waals surface area contributed by atoms with Gasteiger partial charge < -0.3 is 15.7 Å². The summed E-state index contributed by atoms with van der Waals surface area (Å²) in [6, 6.07) is 6.00. The van der Waals surface area contributed by atoms with Gasteiger partial charge in [0.05, 0.1) is 17.3 Å². The lowest BCUT2D eigenvalue weighted by molar-refractivity contribution is -0.137. The molecular weight excluding hydrogens is 400 g/mol. The number of rotatable bonds is 1. The van der Waals surface area contributed by atoms with Gasteiger partial charge in [0.2, 0.25) is 0 Å². The summed E-state index contributed by atoms with van der Waals surface area (Å²) in [5, 5.41) is 16.5. The largest absolute Gasteiger partial charge is 0.506 e. The maximum absolute atomic E-state index is 14.8. The Morgan fingerprint density at radius 2 is 1.87 bits per heavy atom. The molecule has 3 N–H and O–H groups in total. The van der Waals surface area contributed by atoms with Gasteiger partial charge in [-0.25, -0.2) is 4.39 Å². The number of anilines is 2. The van der Waals surface area contributed by atoms with Gasteiger partial charge >= 0.3 is 6.18 Å². The molecule has 158 valence electrons. The van der Waals surface area contributed by atoms with E-state index in [-0.39, 0.29) is 34.5 Å². The van der Waals surface area contributed by atoms with Crippen molar-refractivity contribution in [3.05, 3.63) is 64.6 Å². The molecular formula is C22H20F4N2O2. The molecule has 0 bridgehead atoms. The van der Waals surface area contributed by atoms with E-state index >= 15 is 0 Å². The van der Waals surface area contributed by atoms with Gasteiger partial charge in [0.15, 0.2) is 5.78 Å². The molecule has 0 spiro atoms. The van der Waals surface area contributed by atoms with Crippen molar-refractivity contribution >= 4 is 17.2 Å². The van der Waals surface area contributed by atoms with Crippen LogP contribution in [0.25, 0.3) is 0 Å².